The van der Waals surface area contributed by atoms with Crippen LogP contribution in [0.4, 0.5) is 4.39 Å². The molecule has 0 unspecified atom stereocenters. The van der Waals surface area contributed by atoms with Crippen molar-refractivity contribution >= 4 is 16.9 Å². The molecule has 0 saturated carbocycles. The van der Waals surface area contributed by atoms with Gasteiger partial charge < -0.3 is 14.0 Å². The van der Waals surface area contributed by atoms with E-state index in [0.717, 1.165) is 17.3 Å². The first-order valence-corrected chi connectivity index (χ1v) is 6.68. The smallest absolute Gasteiger partial charge is 0.326 e. The number of carbonyl (C=O) groups excluding carboxylic acids is 1. The van der Waals surface area contributed by atoms with E-state index < -0.39 is 0 Å². The first-order valence-electron chi connectivity index (χ1n) is 6.68. The highest BCUT2D eigenvalue weighted by molar-refractivity contribution is 5.82. The SMILES string of the molecule is CCCOCCOC(=O)Cn1ccc2cc(F)ccc21. The summed E-state index contributed by atoms with van der Waals surface area (Å²) in [5.41, 5.74) is 0.811. The van der Waals surface area contributed by atoms with Crippen molar-refractivity contribution in [3.63, 3.8) is 0 Å². The number of hydrogen-bond donors (Lipinski definition) is 0. The van der Waals surface area contributed by atoms with Crippen molar-refractivity contribution in [2.75, 3.05) is 19.8 Å². The van der Waals surface area contributed by atoms with Crippen LogP contribution in [0.3, 0.4) is 0 Å². The number of ether oxygens (including phenoxy) is 2. The average molecular weight is 279 g/mol. The van der Waals surface area contributed by atoms with Crippen molar-refractivity contribution in [2.45, 2.75) is 19.9 Å². The summed E-state index contributed by atoms with van der Waals surface area (Å²) < 4.78 is 25.1. The van der Waals surface area contributed by atoms with Gasteiger partial charge in [0.25, 0.3) is 0 Å². The number of carbonyl (C=O) groups is 1. The third-order valence-electron chi connectivity index (χ3n) is 2.87. The fraction of sp³-hybridized carbons (Fsp3) is 0.400. The maximum Gasteiger partial charge on any atom is 0.326 e. The molecule has 0 saturated heterocycles. The molecule has 5 heteroatoms. The van der Waals surface area contributed by atoms with Crippen LogP contribution in [0.1, 0.15) is 13.3 Å². The summed E-state index contributed by atoms with van der Waals surface area (Å²) in [4.78, 5) is 11.7. The van der Waals surface area contributed by atoms with Crippen LogP contribution in [-0.2, 0) is 20.8 Å². The van der Waals surface area contributed by atoms with Crippen LogP contribution in [0.5, 0.6) is 0 Å². The van der Waals surface area contributed by atoms with Crippen LogP contribution in [0.15, 0.2) is 30.5 Å². The summed E-state index contributed by atoms with van der Waals surface area (Å²) in [5, 5.41) is 0.768. The standard InChI is InChI=1S/C15H18FNO3/c1-2-7-19-8-9-20-15(18)11-17-6-5-12-10-13(16)3-4-14(12)17/h3-6,10H,2,7-9,11H2,1H3. The van der Waals surface area contributed by atoms with Gasteiger partial charge in [-0.25, -0.2) is 4.39 Å². The van der Waals surface area contributed by atoms with Crippen LogP contribution in [-0.4, -0.2) is 30.4 Å². The van der Waals surface area contributed by atoms with Gasteiger partial charge in [0.1, 0.15) is 19.0 Å². The van der Waals surface area contributed by atoms with Crippen molar-refractivity contribution in [3.05, 3.63) is 36.3 Å². The molecule has 0 atom stereocenters. The van der Waals surface area contributed by atoms with Gasteiger partial charge in [-0.1, -0.05) is 6.92 Å². The molecule has 0 amide bonds. The minimum absolute atomic E-state index is 0.114. The molecule has 20 heavy (non-hydrogen) atoms. The maximum atomic E-state index is 13.1. The summed E-state index contributed by atoms with van der Waals surface area (Å²) in [6, 6.07) is 6.25. The van der Waals surface area contributed by atoms with Gasteiger partial charge >= 0.3 is 5.97 Å². The molecule has 2 aromatic rings. The molecule has 0 fully saturated rings. The second-order valence-electron chi connectivity index (χ2n) is 4.48. The highest BCUT2D eigenvalue weighted by Gasteiger charge is 2.07. The number of rotatable bonds is 7. The zero-order chi connectivity index (χ0) is 14.4. The lowest BCUT2D eigenvalue weighted by Crippen LogP contribution is -2.16. The van der Waals surface area contributed by atoms with Gasteiger partial charge in [0.15, 0.2) is 0 Å². The molecule has 0 bridgehead atoms. The lowest BCUT2D eigenvalue weighted by Gasteiger charge is -2.07. The molecule has 1 aromatic carbocycles. The van der Waals surface area contributed by atoms with Gasteiger partial charge in [-0.05, 0) is 30.7 Å². The van der Waals surface area contributed by atoms with Crippen molar-refractivity contribution in [3.8, 4) is 0 Å². The van der Waals surface area contributed by atoms with E-state index >= 15 is 0 Å². The Morgan fingerprint density at radius 3 is 2.90 bits per heavy atom. The second kappa shape index (κ2) is 7.05. The Labute approximate surface area is 117 Å². The van der Waals surface area contributed by atoms with E-state index in [4.69, 9.17) is 9.47 Å². The van der Waals surface area contributed by atoms with Crippen molar-refractivity contribution in [1.82, 2.24) is 4.57 Å². The highest BCUT2D eigenvalue weighted by Crippen LogP contribution is 2.17. The van der Waals surface area contributed by atoms with Gasteiger partial charge in [-0.15, -0.1) is 0 Å². The third-order valence-corrected chi connectivity index (χ3v) is 2.87. The number of nitrogens with zero attached hydrogens (tertiary/aromatic N) is 1. The minimum atomic E-state index is -0.327. The molecular formula is C15H18FNO3. The molecule has 1 heterocycles. The zero-order valence-electron chi connectivity index (χ0n) is 11.5. The summed E-state index contributed by atoms with van der Waals surface area (Å²) in [5.74, 6) is -0.613. The molecule has 0 N–H and O–H groups in total. The van der Waals surface area contributed by atoms with E-state index in [1.54, 1.807) is 22.9 Å². The van der Waals surface area contributed by atoms with Crippen LogP contribution >= 0.6 is 0 Å². The van der Waals surface area contributed by atoms with E-state index in [2.05, 4.69) is 0 Å². The first-order chi connectivity index (χ1) is 9.70. The number of benzene rings is 1. The predicted molar refractivity (Wildman–Crippen MR) is 74.0 cm³/mol. The van der Waals surface area contributed by atoms with E-state index in [-0.39, 0.29) is 24.9 Å². The number of fused-ring (bicyclic) bond motifs is 1. The fourth-order valence-corrected chi connectivity index (χ4v) is 1.95. The topological polar surface area (TPSA) is 40.5 Å². The number of aromatic nitrogens is 1. The Hall–Kier alpha value is -1.88. The van der Waals surface area contributed by atoms with Gasteiger partial charge in [0.05, 0.1) is 6.61 Å². The van der Waals surface area contributed by atoms with E-state index in [9.17, 15) is 9.18 Å². The van der Waals surface area contributed by atoms with Crippen molar-refractivity contribution in [1.29, 1.82) is 0 Å². The average Bonchev–Trinajstić information content (AvgIpc) is 2.81. The molecule has 4 nitrogen and oxygen atoms in total. The monoisotopic (exact) mass is 279 g/mol. The number of esters is 1. The summed E-state index contributed by atoms with van der Waals surface area (Å²) in [6.07, 6.45) is 2.69. The maximum absolute atomic E-state index is 13.1. The summed E-state index contributed by atoms with van der Waals surface area (Å²) in [6.45, 7) is 3.48. The Morgan fingerprint density at radius 2 is 2.10 bits per heavy atom. The van der Waals surface area contributed by atoms with Gasteiger partial charge in [0, 0.05) is 23.7 Å². The van der Waals surface area contributed by atoms with Gasteiger partial charge in [-0.2, -0.15) is 0 Å². The minimum Gasteiger partial charge on any atom is -0.462 e. The lowest BCUT2D eigenvalue weighted by atomic mass is 10.2. The highest BCUT2D eigenvalue weighted by atomic mass is 19.1. The second-order valence-corrected chi connectivity index (χ2v) is 4.48. The summed E-state index contributed by atoms with van der Waals surface area (Å²) >= 11 is 0. The molecule has 108 valence electrons. The van der Waals surface area contributed by atoms with Crippen molar-refractivity contribution in [2.24, 2.45) is 0 Å². The number of halogens is 1. The van der Waals surface area contributed by atoms with Crippen LogP contribution in [0.2, 0.25) is 0 Å². The molecule has 0 radical (unpaired) electrons. The molecular weight excluding hydrogens is 261 g/mol. The van der Waals surface area contributed by atoms with Gasteiger partial charge in [-0.3, -0.25) is 4.79 Å². The number of hydrogen-bond acceptors (Lipinski definition) is 3. The molecule has 1 aromatic heterocycles. The third kappa shape index (κ3) is 3.81. The Morgan fingerprint density at radius 1 is 1.25 bits per heavy atom. The molecule has 0 aliphatic heterocycles. The van der Waals surface area contributed by atoms with Crippen LogP contribution in [0, 0.1) is 5.82 Å². The van der Waals surface area contributed by atoms with E-state index in [1.165, 1.54) is 12.1 Å². The molecule has 0 spiro atoms. The quantitative estimate of drug-likeness (QED) is 0.578. The lowest BCUT2D eigenvalue weighted by molar-refractivity contribution is -0.145. The van der Waals surface area contributed by atoms with Crippen molar-refractivity contribution < 1.29 is 18.7 Å². The fourth-order valence-electron chi connectivity index (χ4n) is 1.95. The molecule has 0 aliphatic rings. The molecule has 0 aliphatic carbocycles. The Bertz CT molecular complexity index is 580. The normalized spacial score (nSPS) is 10.9. The Kier molecular flexibility index (Phi) is 5.12. The Balaban J connectivity index is 1.87. The molecule has 2 rings (SSSR count). The van der Waals surface area contributed by atoms with E-state index in [0.29, 0.717) is 13.2 Å². The largest absolute Gasteiger partial charge is 0.462 e. The van der Waals surface area contributed by atoms with E-state index in [1.807, 2.05) is 6.92 Å². The first kappa shape index (κ1) is 14.5. The van der Waals surface area contributed by atoms with Crippen LogP contribution in [0.25, 0.3) is 10.9 Å². The predicted octanol–water partition coefficient (Wildman–Crippen LogP) is 2.75. The van der Waals surface area contributed by atoms with Crippen LogP contribution < -0.4 is 0 Å². The van der Waals surface area contributed by atoms with Gasteiger partial charge in [0.2, 0.25) is 0 Å². The summed E-state index contributed by atoms with van der Waals surface area (Å²) in [7, 11) is 0. The zero-order valence-corrected chi connectivity index (χ0v) is 11.5.